The van der Waals surface area contributed by atoms with E-state index in [9.17, 15) is 25.0 Å². The summed E-state index contributed by atoms with van der Waals surface area (Å²) in [6.45, 7) is 0.511. The van der Waals surface area contributed by atoms with Gasteiger partial charge in [-0.15, -0.1) is 0 Å². The number of nitrogen functional groups attached to an aromatic ring is 1. The molecule has 0 spiro atoms. The molecular formula is C18H19N3O5. The van der Waals surface area contributed by atoms with E-state index in [0.717, 1.165) is 12.1 Å². The number of fused-ring (bicyclic) bond motifs is 2. The van der Waals surface area contributed by atoms with Gasteiger partial charge in [0.25, 0.3) is 0 Å². The molecule has 0 aliphatic heterocycles. The van der Waals surface area contributed by atoms with Gasteiger partial charge in [-0.05, 0) is 24.3 Å². The van der Waals surface area contributed by atoms with Gasteiger partial charge in [-0.3, -0.25) is 9.59 Å². The Bertz CT molecular complexity index is 931. The summed E-state index contributed by atoms with van der Waals surface area (Å²) in [5.41, 5.74) is 5.83. The lowest BCUT2D eigenvalue weighted by Crippen LogP contribution is -2.37. The van der Waals surface area contributed by atoms with E-state index in [-0.39, 0.29) is 41.0 Å². The molecule has 0 radical (unpaired) electrons. The second-order valence-electron chi connectivity index (χ2n) is 6.69. The number of carbonyl (C=O) groups excluding carboxylic acids is 2. The normalized spacial score (nSPS) is 13.3. The molecule has 0 saturated heterocycles. The second-order valence-corrected chi connectivity index (χ2v) is 6.69. The SMILES string of the molecule is C[N+](C)([O-])CCNc1ccc(N)c2c1C(=O)c1c(O)ccc(O)c1C2=O. The number of hydroxylamine groups is 3. The number of aromatic hydroxyl groups is 2. The monoisotopic (exact) mass is 357 g/mol. The molecule has 8 nitrogen and oxygen atoms in total. The number of nitrogens with zero attached hydrogens (tertiary/aromatic N) is 1. The molecule has 0 atom stereocenters. The van der Waals surface area contributed by atoms with Crippen molar-refractivity contribution in [2.75, 3.05) is 38.2 Å². The lowest BCUT2D eigenvalue weighted by atomic mass is 9.81. The van der Waals surface area contributed by atoms with Crippen LogP contribution < -0.4 is 11.1 Å². The maximum Gasteiger partial charge on any atom is 0.200 e. The van der Waals surface area contributed by atoms with Crippen molar-refractivity contribution in [2.24, 2.45) is 0 Å². The Morgan fingerprint density at radius 3 is 2.04 bits per heavy atom. The molecule has 0 heterocycles. The van der Waals surface area contributed by atoms with Crippen LogP contribution in [0.1, 0.15) is 31.8 Å². The summed E-state index contributed by atoms with van der Waals surface area (Å²) in [6.07, 6.45) is 0. The van der Waals surface area contributed by atoms with E-state index in [4.69, 9.17) is 5.73 Å². The molecule has 2 aromatic carbocycles. The van der Waals surface area contributed by atoms with Crippen LogP contribution in [0.15, 0.2) is 24.3 Å². The summed E-state index contributed by atoms with van der Waals surface area (Å²) in [4.78, 5) is 25.8. The maximum absolute atomic E-state index is 13.0. The van der Waals surface area contributed by atoms with E-state index in [1.807, 2.05) is 0 Å². The maximum atomic E-state index is 13.0. The van der Waals surface area contributed by atoms with Crippen molar-refractivity contribution in [3.05, 3.63) is 51.7 Å². The fraction of sp³-hybridized carbons (Fsp3) is 0.222. The Hall–Kier alpha value is -3.10. The van der Waals surface area contributed by atoms with Gasteiger partial charge >= 0.3 is 0 Å². The highest BCUT2D eigenvalue weighted by Crippen LogP contribution is 2.41. The van der Waals surface area contributed by atoms with Gasteiger partial charge in [-0.1, -0.05) is 0 Å². The van der Waals surface area contributed by atoms with Crippen LogP contribution in [0.5, 0.6) is 11.5 Å². The van der Waals surface area contributed by atoms with Crippen LogP contribution in [-0.2, 0) is 0 Å². The number of phenolic OH excluding ortho intramolecular Hbond substituents is 2. The molecule has 1 aliphatic rings. The molecule has 0 unspecified atom stereocenters. The first-order valence-electron chi connectivity index (χ1n) is 7.96. The van der Waals surface area contributed by atoms with Crippen molar-refractivity contribution in [3.63, 3.8) is 0 Å². The molecule has 0 fully saturated rings. The van der Waals surface area contributed by atoms with E-state index in [1.165, 1.54) is 20.2 Å². The van der Waals surface area contributed by atoms with Gasteiger partial charge in [-0.25, -0.2) is 0 Å². The van der Waals surface area contributed by atoms with Gasteiger partial charge in [0.05, 0.1) is 49.4 Å². The standard InChI is InChI=1S/C18H19N3O5/c1-21(2,26)8-7-20-10-4-3-9(19)13-14(10)18(25)16-12(23)6-5-11(22)15(16)17(13)24/h3-6,20,22-23H,7-8,19H2,1-2H3. The smallest absolute Gasteiger partial charge is 0.200 e. The minimum atomic E-state index is -0.635. The summed E-state index contributed by atoms with van der Waals surface area (Å²) >= 11 is 0. The average Bonchev–Trinajstić information content (AvgIpc) is 2.54. The quantitative estimate of drug-likeness (QED) is 0.240. The lowest BCUT2D eigenvalue weighted by molar-refractivity contribution is -0.838. The predicted molar refractivity (Wildman–Crippen MR) is 96.3 cm³/mol. The van der Waals surface area contributed by atoms with Gasteiger partial charge in [0.1, 0.15) is 11.5 Å². The molecule has 2 aromatic rings. The van der Waals surface area contributed by atoms with Gasteiger partial charge in [0.2, 0.25) is 11.6 Å². The number of likely N-dealkylation sites (N-methyl/N-ethyl adjacent to an activating group) is 1. The van der Waals surface area contributed by atoms with Crippen LogP contribution in [-0.4, -0.2) is 53.6 Å². The van der Waals surface area contributed by atoms with Crippen molar-refractivity contribution < 1.29 is 24.4 Å². The molecular weight excluding hydrogens is 338 g/mol. The number of benzene rings is 2. The van der Waals surface area contributed by atoms with Crippen molar-refractivity contribution in [1.29, 1.82) is 0 Å². The van der Waals surface area contributed by atoms with Crippen LogP contribution in [0.2, 0.25) is 0 Å². The number of carbonyl (C=O) groups is 2. The summed E-state index contributed by atoms with van der Waals surface area (Å²) in [5, 5.41) is 34.7. The molecule has 26 heavy (non-hydrogen) atoms. The zero-order valence-electron chi connectivity index (χ0n) is 14.4. The Labute approximate surface area is 149 Å². The molecule has 1 aliphatic carbocycles. The Kier molecular flexibility index (Phi) is 4.09. The molecule has 0 amide bonds. The van der Waals surface area contributed by atoms with Crippen LogP contribution in [0, 0.1) is 5.21 Å². The molecule has 3 rings (SSSR count). The molecule has 8 heteroatoms. The molecule has 5 N–H and O–H groups in total. The minimum Gasteiger partial charge on any atom is -0.633 e. The average molecular weight is 357 g/mol. The van der Waals surface area contributed by atoms with Crippen molar-refractivity contribution in [2.45, 2.75) is 0 Å². The fourth-order valence-electron chi connectivity index (χ4n) is 3.00. The van der Waals surface area contributed by atoms with Crippen LogP contribution in [0.3, 0.4) is 0 Å². The summed E-state index contributed by atoms with van der Waals surface area (Å²) < 4.78 is -0.519. The van der Waals surface area contributed by atoms with Gasteiger partial charge < -0.3 is 31.1 Å². The number of nitrogens with one attached hydrogen (secondary N) is 1. The largest absolute Gasteiger partial charge is 0.633 e. The molecule has 0 bridgehead atoms. The Balaban J connectivity index is 2.12. The third-order valence-corrected chi connectivity index (χ3v) is 4.27. The number of nitrogens with two attached hydrogens (primary N) is 1. The molecule has 136 valence electrons. The summed E-state index contributed by atoms with van der Waals surface area (Å²) in [5.74, 6) is -2.05. The van der Waals surface area contributed by atoms with Crippen LogP contribution >= 0.6 is 0 Å². The van der Waals surface area contributed by atoms with E-state index in [0.29, 0.717) is 5.69 Å². The highest BCUT2D eigenvalue weighted by molar-refractivity contribution is 6.33. The van der Waals surface area contributed by atoms with E-state index in [1.54, 1.807) is 6.07 Å². The topological polar surface area (TPSA) is 136 Å². The van der Waals surface area contributed by atoms with Crippen molar-refractivity contribution >= 4 is 22.9 Å². The van der Waals surface area contributed by atoms with Crippen molar-refractivity contribution in [1.82, 2.24) is 0 Å². The number of hydrogen-bond acceptors (Lipinski definition) is 7. The van der Waals surface area contributed by atoms with Crippen molar-refractivity contribution in [3.8, 4) is 11.5 Å². The molecule has 0 saturated carbocycles. The first kappa shape index (κ1) is 17.7. The Morgan fingerprint density at radius 2 is 1.50 bits per heavy atom. The third-order valence-electron chi connectivity index (χ3n) is 4.27. The van der Waals surface area contributed by atoms with E-state index in [2.05, 4.69) is 5.32 Å². The van der Waals surface area contributed by atoms with Gasteiger partial charge in [0, 0.05) is 11.4 Å². The number of rotatable bonds is 4. The summed E-state index contributed by atoms with van der Waals surface area (Å²) in [6, 6.07) is 5.33. The highest BCUT2D eigenvalue weighted by Gasteiger charge is 2.37. The Morgan fingerprint density at radius 1 is 0.962 bits per heavy atom. The van der Waals surface area contributed by atoms with E-state index >= 15 is 0 Å². The van der Waals surface area contributed by atoms with Crippen LogP contribution in [0.4, 0.5) is 11.4 Å². The van der Waals surface area contributed by atoms with E-state index < -0.39 is 27.7 Å². The zero-order chi connectivity index (χ0) is 19.2. The first-order valence-corrected chi connectivity index (χ1v) is 7.96. The zero-order valence-corrected chi connectivity index (χ0v) is 14.4. The van der Waals surface area contributed by atoms with Gasteiger partial charge in [-0.2, -0.15) is 0 Å². The number of phenols is 2. The fourth-order valence-corrected chi connectivity index (χ4v) is 3.00. The van der Waals surface area contributed by atoms with Gasteiger partial charge in [0.15, 0.2) is 0 Å². The number of anilines is 2. The summed E-state index contributed by atoms with van der Waals surface area (Å²) in [7, 11) is 2.98. The molecule has 0 aromatic heterocycles. The lowest BCUT2D eigenvalue weighted by Gasteiger charge is -2.34. The number of ketones is 2. The number of hydrogen-bond donors (Lipinski definition) is 4. The van der Waals surface area contributed by atoms with Crippen LogP contribution in [0.25, 0.3) is 0 Å². The minimum absolute atomic E-state index is 0.0238. The first-order chi connectivity index (χ1) is 12.1. The number of quaternary nitrogens is 1. The third kappa shape index (κ3) is 2.85. The highest BCUT2D eigenvalue weighted by atomic mass is 16.5. The predicted octanol–water partition coefficient (Wildman–Crippen LogP) is 1.44. The second kappa shape index (κ2) is 6.01.